The fourth-order valence-corrected chi connectivity index (χ4v) is 3.27. The molecule has 2 aromatic carbocycles. The number of carbonyl (C=O) groups is 2. The fraction of sp³-hybridized carbons (Fsp3) is 0.217. The predicted molar refractivity (Wildman–Crippen MR) is 140 cm³/mol. The van der Waals surface area contributed by atoms with E-state index in [2.05, 4.69) is 51.8 Å². The lowest BCUT2D eigenvalue weighted by molar-refractivity contribution is -0.112. The Morgan fingerprint density at radius 3 is 1.71 bits per heavy atom. The third kappa shape index (κ3) is 7.56. The van der Waals surface area contributed by atoms with E-state index in [0.717, 1.165) is 31.0 Å². The molecule has 0 radical (unpaired) electrons. The molecule has 0 amide bonds. The molecule has 168 valence electrons. The molecule has 0 spiro atoms. The lowest BCUT2D eigenvalue weighted by Gasteiger charge is -1.88. The summed E-state index contributed by atoms with van der Waals surface area (Å²) < 4.78 is 1.84. The average Bonchev–Trinajstić information content (AvgIpc) is 3.25. The highest BCUT2D eigenvalue weighted by Gasteiger charge is 2.04. The van der Waals surface area contributed by atoms with Crippen LogP contribution in [0.5, 0.6) is 0 Å². The zero-order valence-electron chi connectivity index (χ0n) is 14.2. The molecule has 2 aromatic heterocycles. The maximum atomic E-state index is 10.8. The van der Waals surface area contributed by atoms with Gasteiger partial charge in [0.05, 0.1) is 11.0 Å². The maximum absolute atomic E-state index is 10.8. The standard InChI is InChI=1S/C11H9BrN2O.C8H5BrN2O.4CH4/c1-7(15)5-6-10-13-9-4-2-3-8(12)11(9)14-10;9-5-2-1-3-6-8(5)11-7(4-12)10-6;;;;/h2-6H,1H3,(H,13,14);1-4H,(H,10,11);4*1H4/b6-5+;;;;;. The molecule has 6 nitrogen and oxygen atoms in total. The van der Waals surface area contributed by atoms with E-state index in [-0.39, 0.29) is 35.5 Å². The molecule has 2 heterocycles. The normalized spacial score (nSPS) is 9.52. The van der Waals surface area contributed by atoms with Crippen molar-refractivity contribution in [3.05, 3.63) is 63.1 Å². The third-order valence-electron chi connectivity index (χ3n) is 3.55. The topological polar surface area (TPSA) is 91.5 Å². The molecule has 2 N–H and O–H groups in total. The number of benzene rings is 2. The Labute approximate surface area is 200 Å². The first-order chi connectivity index (χ1) is 13.0. The van der Waals surface area contributed by atoms with Crippen LogP contribution in [-0.2, 0) is 4.79 Å². The van der Waals surface area contributed by atoms with Crippen LogP contribution in [0.15, 0.2) is 51.4 Å². The van der Waals surface area contributed by atoms with Gasteiger partial charge in [0.1, 0.15) is 16.9 Å². The Kier molecular flexibility index (Phi) is 13.5. The molecule has 0 bridgehead atoms. The van der Waals surface area contributed by atoms with Crippen LogP contribution in [0.3, 0.4) is 0 Å². The number of rotatable bonds is 3. The maximum Gasteiger partial charge on any atom is 0.185 e. The Morgan fingerprint density at radius 1 is 0.839 bits per heavy atom. The molecule has 8 heteroatoms. The van der Waals surface area contributed by atoms with Crippen LogP contribution in [0.25, 0.3) is 28.1 Å². The highest BCUT2D eigenvalue weighted by molar-refractivity contribution is 9.11. The SMILES string of the molecule is C.C.C.C.CC(=O)/C=C/c1nc2c(Br)cccc2[nH]1.O=Cc1nc2c(Br)cccc2[nH]1. The van der Waals surface area contributed by atoms with Crippen LogP contribution < -0.4 is 0 Å². The van der Waals surface area contributed by atoms with Crippen molar-refractivity contribution in [2.75, 3.05) is 0 Å². The van der Waals surface area contributed by atoms with Crippen molar-refractivity contribution in [1.29, 1.82) is 0 Å². The van der Waals surface area contributed by atoms with Gasteiger partial charge in [0.15, 0.2) is 17.9 Å². The average molecular weight is 554 g/mol. The molecule has 31 heavy (non-hydrogen) atoms. The van der Waals surface area contributed by atoms with Crippen LogP contribution in [0, 0.1) is 0 Å². The number of H-pyrrole nitrogens is 2. The van der Waals surface area contributed by atoms with E-state index in [9.17, 15) is 9.59 Å². The van der Waals surface area contributed by atoms with Gasteiger partial charge in [0.2, 0.25) is 0 Å². The van der Waals surface area contributed by atoms with Gasteiger partial charge in [-0.2, -0.15) is 0 Å². The van der Waals surface area contributed by atoms with Crippen molar-refractivity contribution in [1.82, 2.24) is 19.9 Å². The molecule has 4 rings (SSSR count). The van der Waals surface area contributed by atoms with Crippen molar-refractivity contribution in [2.45, 2.75) is 36.6 Å². The number of fused-ring (bicyclic) bond motifs is 2. The minimum absolute atomic E-state index is 0. The van der Waals surface area contributed by atoms with Crippen LogP contribution in [0.4, 0.5) is 0 Å². The largest absolute Gasteiger partial charge is 0.338 e. The molecular formula is C23H30Br2N4O2. The van der Waals surface area contributed by atoms with Crippen molar-refractivity contribution in [3.63, 3.8) is 0 Å². The summed E-state index contributed by atoms with van der Waals surface area (Å²) in [7, 11) is 0. The monoisotopic (exact) mass is 552 g/mol. The molecule has 0 saturated carbocycles. The molecule has 0 atom stereocenters. The van der Waals surface area contributed by atoms with Gasteiger partial charge in [-0.1, -0.05) is 41.8 Å². The number of hydrogen-bond acceptors (Lipinski definition) is 4. The van der Waals surface area contributed by atoms with Gasteiger partial charge in [-0.25, -0.2) is 9.97 Å². The van der Waals surface area contributed by atoms with Crippen LogP contribution in [0.1, 0.15) is 53.1 Å². The number of carbonyl (C=O) groups excluding carboxylic acids is 2. The number of aromatic amines is 2. The molecule has 0 aliphatic rings. The van der Waals surface area contributed by atoms with Crippen LogP contribution in [-0.4, -0.2) is 32.0 Å². The summed E-state index contributed by atoms with van der Waals surface area (Å²) >= 11 is 6.76. The van der Waals surface area contributed by atoms with Crippen molar-refractivity contribution < 1.29 is 9.59 Å². The minimum Gasteiger partial charge on any atom is -0.338 e. The first-order valence-corrected chi connectivity index (χ1v) is 9.49. The summed E-state index contributed by atoms with van der Waals surface area (Å²) in [5.74, 6) is 1.05. The van der Waals surface area contributed by atoms with E-state index in [4.69, 9.17) is 0 Å². The summed E-state index contributed by atoms with van der Waals surface area (Å²) in [6, 6.07) is 11.5. The quantitative estimate of drug-likeness (QED) is 0.202. The minimum atomic E-state index is 0. The third-order valence-corrected chi connectivity index (χ3v) is 4.83. The number of nitrogens with one attached hydrogen (secondary N) is 2. The molecular weight excluding hydrogens is 524 g/mol. The summed E-state index contributed by atoms with van der Waals surface area (Å²) in [6.45, 7) is 1.51. The number of nitrogens with zero attached hydrogens (tertiary/aromatic N) is 2. The number of ketones is 1. The van der Waals surface area contributed by atoms with Crippen molar-refractivity contribution >= 4 is 72.1 Å². The number of aldehydes is 1. The van der Waals surface area contributed by atoms with Gasteiger partial charge in [0, 0.05) is 8.95 Å². The second-order valence-electron chi connectivity index (χ2n) is 5.58. The summed E-state index contributed by atoms with van der Waals surface area (Å²) in [6.07, 6.45) is 3.87. The van der Waals surface area contributed by atoms with Crippen molar-refractivity contribution in [2.24, 2.45) is 0 Å². The van der Waals surface area contributed by atoms with E-state index in [1.807, 2.05) is 36.4 Å². The number of imidazole rings is 2. The van der Waals surface area contributed by atoms with E-state index < -0.39 is 0 Å². The Morgan fingerprint density at radius 2 is 1.29 bits per heavy atom. The second kappa shape index (κ2) is 13.7. The highest BCUT2D eigenvalue weighted by Crippen LogP contribution is 2.22. The number of aromatic nitrogens is 4. The van der Waals surface area contributed by atoms with Crippen molar-refractivity contribution in [3.8, 4) is 0 Å². The number of hydrogen-bond donors (Lipinski definition) is 2. The lowest BCUT2D eigenvalue weighted by Crippen LogP contribution is -1.81. The van der Waals surface area contributed by atoms with Gasteiger partial charge in [0.25, 0.3) is 0 Å². The smallest absolute Gasteiger partial charge is 0.185 e. The van der Waals surface area contributed by atoms with Crippen LogP contribution >= 0.6 is 31.9 Å². The Hall–Kier alpha value is -2.58. The van der Waals surface area contributed by atoms with Gasteiger partial charge in [-0.3, -0.25) is 9.59 Å². The zero-order chi connectivity index (χ0) is 19.4. The molecule has 0 unspecified atom stereocenters. The number of halogens is 2. The summed E-state index contributed by atoms with van der Waals surface area (Å²) in [4.78, 5) is 35.5. The van der Waals surface area contributed by atoms with Gasteiger partial charge < -0.3 is 9.97 Å². The van der Waals surface area contributed by atoms with Crippen LogP contribution in [0.2, 0.25) is 0 Å². The molecule has 0 aliphatic carbocycles. The number of allylic oxidation sites excluding steroid dienone is 1. The van der Waals surface area contributed by atoms with E-state index >= 15 is 0 Å². The molecule has 0 saturated heterocycles. The number of para-hydroxylation sites is 2. The van der Waals surface area contributed by atoms with Gasteiger partial charge in [-0.15, -0.1) is 0 Å². The zero-order valence-corrected chi connectivity index (χ0v) is 17.3. The Balaban J connectivity index is 0. The van der Waals surface area contributed by atoms with Gasteiger partial charge >= 0.3 is 0 Å². The van der Waals surface area contributed by atoms with Gasteiger partial charge in [-0.05, 0) is 75.2 Å². The van der Waals surface area contributed by atoms with E-state index in [1.54, 1.807) is 6.08 Å². The summed E-state index contributed by atoms with van der Waals surface area (Å²) in [5.41, 5.74) is 3.49. The first-order valence-electron chi connectivity index (χ1n) is 7.90. The van der Waals surface area contributed by atoms with E-state index in [0.29, 0.717) is 17.9 Å². The summed E-state index contributed by atoms with van der Waals surface area (Å²) in [5, 5.41) is 0. The molecule has 4 aromatic rings. The first kappa shape index (κ1) is 30.6. The molecule has 0 fully saturated rings. The van der Waals surface area contributed by atoms with E-state index in [1.165, 1.54) is 13.0 Å². The fourth-order valence-electron chi connectivity index (χ4n) is 2.36. The lowest BCUT2D eigenvalue weighted by atomic mass is 10.3. The molecule has 0 aliphatic heterocycles. The second-order valence-corrected chi connectivity index (χ2v) is 7.29. The Bertz CT molecular complexity index is 1160. The predicted octanol–water partition coefficient (Wildman–Crippen LogP) is 7.61. The highest BCUT2D eigenvalue weighted by atomic mass is 79.9.